The number of hydrogen-bond donors (Lipinski definition) is 2. The number of carbonyl (C=O) groups excluding carboxylic acids is 1. The topological polar surface area (TPSA) is 61.7 Å². The van der Waals surface area contributed by atoms with Gasteiger partial charge in [-0.3, -0.25) is 4.79 Å². The molecule has 6 heteroatoms. The van der Waals surface area contributed by atoms with Crippen LogP contribution in [0.3, 0.4) is 0 Å². The van der Waals surface area contributed by atoms with Gasteiger partial charge in [-0.05, 0) is 35.0 Å². The van der Waals surface area contributed by atoms with E-state index in [0.29, 0.717) is 21.2 Å². The molecule has 3 aromatic carbocycles. The summed E-state index contributed by atoms with van der Waals surface area (Å²) in [6, 6.07) is 15.5. The molecule has 0 aliphatic carbocycles. The average Bonchev–Trinajstić information content (AvgIpc) is 2.56. The van der Waals surface area contributed by atoms with Crippen molar-refractivity contribution in [1.29, 1.82) is 0 Å². The first-order chi connectivity index (χ1) is 11.5. The normalized spacial score (nSPS) is 11.1. The molecule has 120 valence electrons. The predicted molar refractivity (Wildman–Crippen MR) is 97.1 cm³/mol. The largest absolute Gasteiger partial charge is 0.507 e. The van der Waals surface area contributed by atoms with Crippen LogP contribution in [0.5, 0.6) is 5.75 Å². The summed E-state index contributed by atoms with van der Waals surface area (Å²) >= 11 is 11.7. The molecule has 0 aliphatic rings. The van der Waals surface area contributed by atoms with Crippen molar-refractivity contribution in [2.45, 2.75) is 0 Å². The molecule has 0 aromatic heterocycles. The molecule has 0 unspecified atom stereocenters. The summed E-state index contributed by atoms with van der Waals surface area (Å²) in [5.74, 6) is -0.368. The standard InChI is InChI=1S/C18H12Cl2N2O2/c19-13-7-12(8-14(20)9-13)18(24)22-21-10-16-15-4-2-1-3-11(15)5-6-17(16)23/h1-10,23H,(H,22,24)/b21-10+. The highest BCUT2D eigenvalue weighted by Crippen LogP contribution is 2.25. The molecule has 0 spiro atoms. The summed E-state index contributed by atoms with van der Waals surface area (Å²) < 4.78 is 0. The second-order valence-electron chi connectivity index (χ2n) is 5.08. The molecule has 24 heavy (non-hydrogen) atoms. The summed E-state index contributed by atoms with van der Waals surface area (Å²) in [7, 11) is 0. The van der Waals surface area contributed by atoms with Crippen LogP contribution in [0.25, 0.3) is 10.8 Å². The zero-order valence-corrected chi connectivity index (χ0v) is 13.8. The molecule has 0 saturated heterocycles. The molecule has 0 aliphatic heterocycles. The molecule has 0 atom stereocenters. The van der Waals surface area contributed by atoms with Crippen molar-refractivity contribution < 1.29 is 9.90 Å². The third kappa shape index (κ3) is 3.50. The lowest BCUT2D eigenvalue weighted by atomic mass is 10.0. The fourth-order valence-electron chi connectivity index (χ4n) is 2.32. The maximum Gasteiger partial charge on any atom is 0.271 e. The van der Waals surface area contributed by atoms with Crippen molar-refractivity contribution in [2.75, 3.05) is 0 Å². The smallest absolute Gasteiger partial charge is 0.271 e. The van der Waals surface area contributed by atoms with Crippen LogP contribution in [-0.2, 0) is 0 Å². The van der Waals surface area contributed by atoms with Gasteiger partial charge in [0.15, 0.2) is 0 Å². The monoisotopic (exact) mass is 358 g/mol. The Bertz CT molecular complexity index is 935. The van der Waals surface area contributed by atoms with Gasteiger partial charge >= 0.3 is 0 Å². The number of hydrogen-bond acceptors (Lipinski definition) is 3. The number of nitrogens with one attached hydrogen (secondary N) is 1. The van der Waals surface area contributed by atoms with E-state index in [9.17, 15) is 9.90 Å². The zero-order valence-electron chi connectivity index (χ0n) is 12.3. The minimum absolute atomic E-state index is 0.0810. The minimum atomic E-state index is -0.449. The van der Waals surface area contributed by atoms with E-state index in [-0.39, 0.29) is 5.75 Å². The maximum atomic E-state index is 12.1. The molecule has 0 heterocycles. The van der Waals surface area contributed by atoms with E-state index in [1.165, 1.54) is 24.4 Å². The average molecular weight is 359 g/mol. The molecule has 0 radical (unpaired) electrons. The van der Waals surface area contributed by atoms with Crippen molar-refractivity contribution in [1.82, 2.24) is 5.43 Å². The Morgan fingerprint density at radius 1 is 1.04 bits per heavy atom. The number of aromatic hydroxyl groups is 1. The van der Waals surface area contributed by atoms with Crippen LogP contribution in [-0.4, -0.2) is 17.2 Å². The summed E-state index contributed by atoms with van der Waals surface area (Å²) in [4.78, 5) is 12.1. The van der Waals surface area contributed by atoms with Crippen LogP contribution in [0.15, 0.2) is 59.7 Å². The molecule has 0 fully saturated rings. The zero-order chi connectivity index (χ0) is 17.1. The van der Waals surface area contributed by atoms with Crippen LogP contribution in [0.2, 0.25) is 10.0 Å². The van der Waals surface area contributed by atoms with Gasteiger partial charge in [0.05, 0.1) is 6.21 Å². The van der Waals surface area contributed by atoms with E-state index in [1.54, 1.807) is 6.07 Å². The summed E-state index contributed by atoms with van der Waals surface area (Å²) in [5.41, 5.74) is 3.22. The summed E-state index contributed by atoms with van der Waals surface area (Å²) in [6.45, 7) is 0. The van der Waals surface area contributed by atoms with Crippen molar-refractivity contribution in [3.8, 4) is 5.75 Å². The van der Waals surface area contributed by atoms with Gasteiger partial charge in [0.25, 0.3) is 5.91 Å². The molecular formula is C18H12Cl2N2O2. The van der Waals surface area contributed by atoms with E-state index in [4.69, 9.17) is 23.2 Å². The van der Waals surface area contributed by atoms with Crippen molar-refractivity contribution in [3.05, 3.63) is 75.8 Å². The van der Waals surface area contributed by atoms with Crippen LogP contribution < -0.4 is 5.43 Å². The van der Waals surface area contributed by atoms with Crippen LogP contribution in [0, 0.1) is 0 Å². The number of phenolic OH excluding ortho intramolecular Hbond substituents is 1. The minimum Gasteiger partial charge on any atom is -0.507 e. The quantitative estimate of drug-likeness (QED) is 0.530. The molecule has 2 N–H and O–H groups in total. The molecule has 3 aromatic rings. The molecule has 0 bridgehead atoms. The third-order valence-electron chi connectivity index (χ3n) is 3.43. The van der Waals surface area contributed by atoms with E-state index in [1.807, 2.05) is 30.3 Å². The summed E-state index contributed by atoms with van der Waals surface area (Å²) in [6.07, 6.45) is 1.40. The number of rotatable bonds is 3. The van der Waals surface area contributed by atoms with E-state index < -0.39 is 5.91 Å². The Labute approximate surface area is 148 Å². The van der Waals surface area contributed by atoms with Gasteiger partial charge in [0.1, 0.15) is 5.75 Å². The van der Waals surface area contributed by atoms with E-state index in [2.05, 4.69) is 10.5 Å². The van der Waals surface area contributed by atoms with Gasteiger partial charge in [0, 0.05) is 21.2 Å². The van der Waals surface area contributed by atoms with Crippen molar-refractivity contribution in [2.24, 2.45) is 5.10 Å². The number of amides is 1. The first kappa shape index (κ1) is 16.3. The Kier molecular flexibility index (Phi) is 4.69. The Morgan fingerprint density at radius 3 is 2.50 bits per heavy atom. The van der Waals surface area contributed by atoms with Crippen LogP contribution >= 0.6 is 23.2 Å². The fraction of sp³-hybridized carbons (Fsp3) is 0. The first-order valence-electron chi connectivity index (χ1n) is 7.05. The number of hydrazone groups is 1. The van der Waals surface area contributed by atoms with Gasteiger partial charge < -0.3 is 5.11 Å². The van der Waals surface area contributed by atoms with Gasteiger partial charge in [-0.1, -0.05) is 53.5 Å². The molecule has 0 saturated carbocycles. The first-order valence-corrected chi connectivity index (χ1v) is 7.80. The van der Waals surface area contributed by atoms with Gasteiger partial charge in [-0.25, -0.2) is 5.43 Å². The predicted octanol–water partition coefficient (Wildman–Crippen LogP) is 4.62. The molecule has 3 rings (SSSR count). The van der Waals surface area contributed by atoms with Crippen molar-refractivity contribution >= 4 is 46.1 Å². The lowest BCUT2D eigenvalue weighted by Gasteiger charge is -2.05. The second-order valence-corrected chi connectivity index (χ2v) is 5.95. The Hall–Kier alpha value is -2.56. The number of benzene rings is 3. The van der Waals surface area contributed by atoms with Gasteiger partial charge in [0.2, 0.25) is 0 Å². The number of carbonyl (C=O) groups is 1. The molecular weight excluding hydrogens is 347 g/mol. The highest BCUT2D eigenvalue weighted by molar-refractivity contribution is 6.35. The molecule has 4 nitrogen and oxygen atoms in total. The van der Waals surface area contributed by atoms with Crippen LogP contribution in [0.1, 0.15) is 15.9 Å². The second kappa shape index (κ2) is 6.91. The number of nitrogens with zero attached hydrogens (tertiary/aromatic N) is 1. The van der Waals surface area contributed by atoms with Crippen molar-refractivity contribution in [3.63, 3.8) is 0 Å². The SMILES string of the molecule is O=C(N/N=C/c1c(O)ccc2ccccc12)c1cc(Cl)cc(Cl)c1. The van der Waals surface area contributed by atoms with Gasteiger partial charge in [-0.2, -0.15) is 5.10 Å². The highest BCUT2D eigenvalue weighted by Gasteiger charge is 2.08. The van der Waals surface area contributed by atoms with Crippen LogP contribution in [0.4, 0.5) is 0 Å². The molecule has 1 amide bonds. The lowest BCUT2D eigenvalue weighted by molar-refractivity contribution is 0.0955. The fourth-order valence-corrected chi connectivity index (χ4v) is 2.85. The third-order valence-corrected chi connectivity index (χ3v) is 3.87. The van der Waals surface area contributed by atoms with E-state index in [0.717, 1.165) is 10.8 Å². The Morgan fingerprint density at radius 2 is 1.75 bits per heavy atom. The highest BCUT2D eigenvalue weighted by atomic mass is 35.5. The number of halogens is 2. The number of fused-ring (bicyclic) bond motifs is 1. The van der Waals surface area contributed by atoms with E-state index >= 15 is 0 Å². The maximum absolute atomic E-state index is 12.1. The number of phenols is 1. The van der Waals surface area contributed by atoms with Gasteiger partial charge in [-0.15, -0.1) is 0 Å². The summed E-state index contributed by atoms with van der Waals surface area (Å²) in [5, 5.41) is 16.5. The Balaban J connectivity index is 1.84. The lowest BCUT2D eigenvalue weighted by Crippen LogP contribution is -2.17.